The molecule has 2 unspecified atom stereocenters. The molecule has 0 radical (unpaired) electrons. The quantitative estimate of drug-likeness (QED) is 0.752. The van der Waals surface area contributed by atoms with Gasteiger partial charge >= 0.3 is 0 Å². The van der Waals surface area contributed by atoms with Gasteiger partial charge < -0.3 is 14.2 Å². The van der Waals surface area contributed by atoms with Gasteiger partial charge in [0.05, 0.1) is 5.60 Å². The van der Waals surface area contributed by atoms with E-state index in [1.54, 1.807) is 0 Å². The molecule has 1 spiro atoms. The minimum atomic E-state index is -0.218. The Balaban J connectivity index is 1.97. The van der Waals surface area contributed by atoms with Crippen LogP contribution in [-0.2, 0) is 19.0 Å². The molecule has 0 saturated carbocycles. The molecule has 20 heavy (non-hydrogen) atoms. The summed E-state index contributed by atoms with van der Waals surface area (Å²) < 4.78 is 17.1. The van der Waals surface area contributed by atoms with Crippen LogP contribution in [-0.4, -0.2) is 43.9 Å². The SMILES string of the molecule is CCCC(OCC)C(=O)C1CCOC2(CCOCC2)C1. The van der Waals surface area contributed by atoms with Gasteiger partial charge in [0.1, 0.15) is 6.10 Å². The number of hydrogen-bond acceptors (Lipinski definition) is 4. The fraction of sp³-hybridized carbons (Fsp3) is 0.938. The Morgan fingerprint density at radius 1 is 1.30 bits per heavy atom. The summed E-state index contributed by atoms with van der Waals surface area (Å²) in [5, 5.41) is 0. The summed E-state index contributed by atoms with van der Waals surface area (Å²) in [5.41, 5.74) is -0.111. The predicted molar refractivity (Wildman–Crippen MR) is 76.8 cm³/mol. The zero-order chi connectivity index (χ0) is 14.4. The summed E-state index contributed by atoms with van der Waals surface area (Å²) in [7, 11) is 0. The Labute approximate surface area is 122 Å². The van der Waals surface area contributed by atoms with Crippen LogP contribution in [0.2, 0.25) is 0 Å². The Hall–Kier alpha value is -0.450. The first-order valence-corrected chi connectivity index (χ1v) is 8.08. The van der Waals surface area contributed by atoms with E-state index in [-0.39, 0.29) is 17.6 Å². The van der Waals surface area contributed by atoms with Gasteiger partial charge in [-0.05, 0) is 39.0 Å². The average Bonchev–Trinajstić information content (AvgIpc) is 2.47. The summed E-state index contributed by atoms with van der Waals surface area (Å²) >= 11 is 0. The predicted octanol–water partition coefficient (Wildman–Crippen LogP) is 2.74. The van der Waals surface area contributed by atoms with Crippen LogP contribution in [0, 0.1) is 5.92 Å². The largest absolute Gasteiger partial charge is 0.381 e. The van der Waals surface area contributed by atoms with E-state index in [1.807, 2.05) is 6.92 Å². The first-order chi connectivity index (χ1) is 9.71. The summed E-state index contributed by atoms with van der Waals surface area (Å²) in [6.45, 7) is 6.87. The standard InChI is InChI=1S/C16H28O4/c1-3-5-14(19-4-2)15(17)13-6-9-20-16(12-13)7-10-18-11-8-16/h13-14H,3-12H2,1-2H3. The molecule has 0 aliphatic carbocycles. The maximum atomic E-state index is 12.7. The zero-order valence-electron chi connectivity index (χ0n) is 12.9. The Morgan fingerprint density at radius 3 is 2.70 bits per heavy atom. The third kappa shape index (κ3) is 3.80. The lowest BCUT2D eigenvalue weighted by Gasteiger charge is -2.43. The fourth-order valence-corrected chi connectivity index (χ4v) is 3.40. The highest BCUT2D eigenvalue weighted by Crippen LogP contribution is 2.38. The van der Waals surface area contributed by atoms with Crippen molar-refractivity contribution >= 4 is 5.78 Å². The Morgan fingerprint density at radius 2 is 2.05 bits per heavy atom. The van der Waals surface area contributed by atoms with Crippen LogP contribution >= 0.6 is 0 Å². The minimum Gasteiger partial charge on any atom is -0.381 e. The summed E-state index contributed by atoms with van der Waals surface area (Å²) in [6.07, 6.45) is 5.13. The fourth-order valence-electron chi connectivity index (χ4n) is 3.40. The van der Waals surface area contributed by atoms with Crippen molar-refractivity contribution in [2.45, 2.75) is 64.1 Å². The minimum absolute atomic E-state index is 0.102. The van der Waals surface area contributed by atoms with E-state index >= 15 is 0 Å². The Kier molecular flexibility index (Phi) is 6.00. The highest BCUT2D eigenvalue weighted by Gasteiger charge is 2.42. The summed E-state index contributed by atoms with van der Waals surface area (Å²) in [5.74, 6) is 0.396. The van der Waals surface area contributed by atoms with Crippen LogP contribution in [0.5, 0.6) is 0 Å². The molecule has 0 aromatic heterocycles. The van der Waals surface area contributed by atoms with Gasteiger partial charge in [-0.3, -0.25) is 4.79 Å². The number of ketones is 1. The molecule has 2 heterocycles. The molecule has 0 amide bonds. The highest BCUT2D eigenvalue weighted by atomic mass is 16.5. The monoisotopic (exact) mass is 284 g/mol. The number of rotatable bonds is 6. The van der Waals surface area contributed by atoms with Crippen molar-refractivity contribution in [1.29, 1.82) is 0 Å². The average molecular weight is 284 g/mol. The molecule has 2 rings (SSSR count). The highest BCUT2D eigenvalue weighted by molar-refractivity contribution is 5.85. The van der Waals surface area contributed by atoms with Crippen LogP contribution in [0.1, 0.15) is 52.4 Å². The van der Waals surface area contributed by atoms with E-state index < -0.39 is 0 Å². The molecule has 2 atom stereocenters. The van der Waals surface area contributed by atoms with Crippen LogP contribution in [0.4, 0.5) is 0 Å². The van der Waals surface area contributed by atoms with Crippen molar-refractivity contribution in [2.24, 2.45) is 5.92 Å². The number of carbonyl (C=O) groups is 1. The van der Waals surface area contributed by atoms with Crippen molar-refractivity contribution in [3.63, 3.8) is 0 Å². The number of carbonyl (C=O) groups excluding carboxylic acids is 1. The van der Waals surface area contributed by atoms with E-state index in [0.717, 1.165) is 51.7 Å². The van der Waals surface area contributed by atoms with E-state index in [0.29, 0.717) is 19.0 Å². The lowest BCUT2D eigenvalue weighted by atomic mass is 9.78. The van der Waals surface area contributed by atoms with Gasteiger partial charge in [-0.25, -0.2) is 0 Å². The topological polar surface area (TPSA) is 44.8 Å². The molecule has 2 saturated heterocycles. The number of ether oxygens (including phenoxy) is 3. The molecule has 0 bridgehead atoms. The molecule has 2 aliphatic heterocycles. The van der Waals surface area contributed by atoms with E-state index in [9.17, 15) is 4.79 Å². The molecule has 2 aliphatic rings. The van der Waals surface area contributed by atoms with Gasteiger partial charge in [-0.1, -0.05) is 13.3 Å². The van der Waals surface area contributed by atoms with Crippen LogP contribution in [0.15, 0.2) is 0 Å². The second-order valence-electron chi connectivity index (χ2n) is 5.97. The smallest absolute Gasteiger partial charge is 0.164 e. The van der Waals surface area contributed by atoms with Crippen molar-refractivity contribution in [1.82, 2.24) is 0 Å². The van der Waals surface area contributed by atoms with Crippen molar-refractivity contribution in [3.05, 3.63) is 0 Å². The first-order valence-electron chi connectivity index (χ1n) is 8.08. The maximum absolute atomic E-state index is 12.7. The molecular formula is C16H28O4. The third-order valence-electron chi connectivity index (χ3n) is 4.54. The van der Waals surface area contributed by atoms with Gasteiger partial charge in [-0.15, -0.1) is 0 Å². The van der Waals surface area contributed by atoms with E-state index in [2.05, 4.69) is 6.92 Å². The summed E-state index contributed by atoms with van der Waals surface area (Å²) in [6, 6.07) is 0. The molecule has 0 aromatic rings. The van der Waals surface area contributed by atoms with E-state index in [4.69, 9.17) is 14.2 Å². The molecule has 0 aromatic carbocycles. The van der Waals surface area contributed by atoms with Gasteiger partial charge in [0.15, 0.2) is 5.78 Å². The second-order valence-corrected chi connectivity index (χ2v) is 5.97. The molecule has 2 fully saturated rings. The van der Waals surface area contributed by atoms with Crippen molar-refractivity contribution in [2.75, 3.05) is 26.4 Å². The van der Waals surface area contributed by atoms with Gasteiger partial charge in [0.2, 0.25) is 0 Å². The number of Topliss-reactive ketones (excluding diaryl/α,β-unsaturated/α-hetero) is 1. The lowest BCUT2D eigenvalue weighted by molar-refractivity contribution is -0.162. The summed E-state index contributed by atoms with van der Waals surface area (Å²) in [4.78, 5) is 12.7. The van der Waals surface area contributed by atoms with Gasteiger partial charge in [0.25, 0.3) is 0 Å². The lowest BCUT2D eigenvalue weighted by Crippen LogP contribution is -2.47. The van der Waals surface area contributed by atoms with Crippen LogP contribution in [0.3, 0.4) is 0 Å². The van der Waals surface area contributed by atoms with Crippen molar-refractivity contribution in [3.8, 4) is 0 Å². The van der Waals surface area contributed by atoms with Gasteiger partial charge in [0, 0.05) is 32.3 Å². The molecule has 0 N–H and O–H groups in total. The normalized spacial score (nSPS) is 27.4. The molecule has 4 nitrogen and oxygen atoms in total. The van der Waals surface area contributed by atoms with E-state index in [1.165, 1.54) is 0 Å². The number of hydrogen-bond donors (Lipinski definition) is 0. The third-order valence-corrected chi connectivity index (χ3v) is 4.54. The van der Waals surface area contributed by atoms with Gasteiger partial charge in [-0.2, -0.15) is 0 Å². The van der Waals surface area contributed by atoms with Crippen molar-refractivity contribution < 1.29 is 19.0 Å². The maximum Gasteiger partial charge on any atom is 0.164 e. The molecular weight excluding hydrogens is 256 g/mol. The second kappa shape index (κ2) is 7.53. The van der Waals surface area contributed by atoms with Crippen LogP contribution < -0.4 is 0 Å². The molecule has 116 valence electrons. The Bertz CT molecular complexity index is 298. The first kappa shape index (κ1) is 15.9. The van der Waals surface area contributed by atoms with Crippen LogP contribution in [0.25, 0.3) is 0 Å². The molecule has 4 heteroatoms. The zero-order valence-corrected chi connectivity index (χ0v) is 12.9.